The molecule has 6 N–H and O–H groups in total. The minimum absolute atomic E-state index is 0.0200. The third-order valence-corrected chi connectivity index (χ3v) is 6.37. The summed E-state index contributed by atoms with van der Waals surface area (Å²) < 4.78 is 2.00. The zero-order valence-electron chi connectivity index (χ0n) is 19.5. The zero-order valence-corrected chi connectivity index (χ0v) is 21.0. The Bertz CT molecular complexity index is 1490. The van der Waals surface area contributed by atoms with Gasteiger partial charge < -0.3 is 25.8 Å². The lowest BCUT2D eigenvalue weighted by molar-refractivity contribution is -0.136. The number of nitrogens with zero attached hydrogens (tertiary/aromatic N) is 2. The quantitative estimate of drug-likeness (QED) is 0.156. The molecule has 190 valence electrons. The average molecular weight is 540 g/mol. The van der Waals surface area contributed by atoms with Crippen molar-refractivity contribution < 1.29 is 19.8 Å². The number of rotatable bonds is 9. The molecule has 37 heavy (non-hydrogen) atoms. The number of benzene rings is 3. The molecule has 0 unspecified atom stereocenters. The van der Waals surface area contributed by atoms with Gasteiger partial charge in [-0.05, 0) is 42.3 Å². The van der Waals surface area contributed by atoms with Gasteiger partial charge in [0.25, 0.3) is 5.91 Å². The number of hydrogen-bond acceptors (Lipinski definition) is 5. The first-order chi connectivity index (χ1) is 17.6. The fourth-order valence-electron chi connectivity index (χ4n) is 3.90. The molecular weight excluding hydrogens is 517 g/mol. The minimum Gasteiger partial charge on any atom is -0.505 e. The van der Waals surface area contributed by atoms with Gasteiger partial charge in [0.05, 0.1) is 27.5 Å². The van der Waals surface area contributed by atoms with Gasteiger partial charge >= 0.3 is 5.97 Å². The summed E-state index contributed by atoms with van der Waals surface area (Å²) in [5, 5.41) is 29.2. The van der Waals surface area contributed by atoms with E-state index in [2.05, 4.69) is 5.32 Å². The number of nitrogens with one attached hydrogen (secondary N) is 2. The number of aryl methyl sites for hydroxylation is 2. The molecule has 0 spiro atoms. The third-order valence-electron chi connectivity index (χ3n) is 5.79. The number of nitrogens with two attached hydrogens (primary N) is 1. The number of aromatic hydroxyl groups is 1. The van der Waals surface area contributed by atoms with Crippen LogP contribution in [0.5, 0.6) is 5.75 Å². The molecule has 0 saturated heterocycles. The molecule has 0 aliphatic heterocycles. The van der Waals surface area contributed by atoms with Crippen molar-refractivity contribution in [2.75, 3.05) is 6.54 Å². The van der Waals surface area contributed by atoms with Crippen LogP contribution in [-0.2, 0) is 17.8 Å². The van der Waals surface area contributed by atoms with Crippen LogP contribution in [0.4, 0.5) is 0 Å². The van der Waals surface area contributed by atoms with Crippen molar-refractivity contribution in [1.82, 2.24) is 14.9 Å². The Balaban J connectivity index is 1.71. The van der Waals surface area contributed by atoms with Gasteiger partial charge in [0, 0.05) is 29.8 Å². The molecule has 1 amide bonds. The molecule has 3 aromatic carbocycles. The van der Waals surface area contributed by atoms with E-state index in [-0.39, 0.29) is 34.6 Å². The van der Waals surface area contributed by atoms with E-state index < -0.39 is 11.9 Å². The molecule has 1 aromatic heterocycles. The number of nitrogen functional groups attached to an aromatic ring is 1. The van der Waals surface area contributed by atoms with E-state index in [1.165, 1.54) is 0 Å². The zero-order chi connectivity index (χ0) is 26.7. The molecule has 0 aliphatic rings. The molecule has 0 saturated carbocycles. The lowest BCUT2D eigenvalue weighted by Crippen LogP contribution is -2.25. The summed E-state index contributed by atoms with van der Waals surface area (Å²) in [5.41, 5.74) is 9.50. The van der Waals surface area contributed by atoms with Crippen LogP contribution in [0.1, 0.15) is 27.9 Å². The Hall–Kier alpha value is -4.08. The van der Waals surface area contributed by atoms with Gasteiger partial charge in [-0.2, -0.15) is 0 Å². The lowest BCUT2D eigenvalue weighted by atomic mass is 10.1. The molecule has 0 aliphatic carbocycles. The van der Waals surface area contributed by atoms with Gasteiger partial charge in [-0.25, -0.2) is 4.98 Å². The minimum atomic E-state index is -0.994. The number of phenols is 1. The van der Waals surface area contributed by atoms with Crippen LogP contribution < -0.4 is 11.1 Å². The van der Waals surface area contributed by atoms with Gasteiger partial charge in [-0.1, -0.05) is 47.5 Å². The topological polar surface area (TPSA) is 154 Å². The van der Waals surface area contributed by atoms with Crippen LogP contribution in [0.3, 0.4) is 0 Å². The second kappa shape index (κ2) is 10.9. The molecule has 4 aromatic rings. The Morgan fingerprint density at radius 3 is 2.30 bits per heavy atom. The Morgan fingerprint density at radius 1 is 1.03 bits per heavy atom. The number of halogens is 2. The highest BCUT2D eigenvalue weighted by Gasteiger charge is 2.16. The first-order valence-electron chi connectivity index (χ1n) is 11.3. The maximum Gasteiger partial charge on any atom is 0.305 e. The summed E-state index contributed by atoms with van der Waals surface area (Å²) >= 11 is 12.2. The summed E-state index contributed by atoms with van der Waals surface area (Å²) in [6.07, 6.45) is 0.357. The summed E-state index contributed by atoms with van der Waals surface area (Å²) in [6.45, 7) is 0.508. The number of amidine groups is 1. The normalized spacial score (nSPS) is 11.0. The van der Waals surface area contributed by atoms with E-state index in [4.69, 9.17) is 44.4 Å². The van der Waals surface area contributed by atoms with Crippen LogP contribution in [0.2, 0.25) is 10.0 Å². The third kappa shape index (κ3) is 5.84. The standard InChI is InChI=1S/C26H23Cl2N5O4/c27-18-11-14(12-19(28)23(18)36)8-10-33-21-6-5-17(26(37)31-9-7-22(34)35)13-20(21)32-25(33)16-3-1-15(2-4-16)24(29)30/h1-6,11-13,36H,7-10H2,(H3,29,30)(H,31,37)(H,34,35). The fourth-order valence-corrected chi connectivity index (χ4v) is 4.44. The predicted molar refractivity (Wildman–Crippen MR) is 143 cm³/mol. The number of carbonyl (C=O) groups excluding carboxylic acids is 1. The van der Waals surface area contributed by atoms with Crippen molar-refractivity contribution in [2.24, 2.45) is 5.73 Å². The highest BCUT2D eigenvalue weighted by Crippen LogP contribution is 2.33. The van der Waals surface area contributed by atoms with Crippen molar-refractivity contribution in [3.8, 4) is 17.1 Å². The molecule has 9 nitrogen and oxygen atoms in total. The largest absolute Gasteiger partial charge is 0.505 e. The van der Waals surface area contributed by atoms with Crippen LogP contribution in [-0.4, -0.2) is 44.0 Å². The molecule has 0 radical (unpaired) electrons. The summed E-state index contributed by atoms with van der Waals surface area (Å²) in [5.74, 6) is -0.950. The van der Waals surface area contributed by atoms with Crippen molar-refractivity contribution in [3.05, 3.63) is 81.3 Å². The molecule has 1 heterocycles. The van der Waals surface area contributed by atoms with Gasteiger partial charge in [0.1, 0.15) is 11.7 Å². The Morgan fingerprint density at radius 2 is 1.68 bits per heavy atom. The van der Waals surface area contributed by atoms with E-state index in [0.717, 1.165) is 16.6 Å². The number of fused-ring (bicyclic) bond motifs is 1. The number of carboxylic acids is 1. The van der Waals surface area contributed by atoms with E-state index in [9.17, 15) is 14.7 Å². The van der Waals surface area contributed by atoms with E-state index in [0.29, 0.717) is 35.4 Å². The number of imidazole rings is 1. The van der Waals surface area contributed by atoms with Crippen molar-refractivity contribution in [3.63, 3.8) is 0 Å². The van der Waals surface area contributed by atoms with Gasteiger partial charge in [0.2, 0.25) is 0 Å². The van der Waals surface area contributed by atoms with Gasteiger partial charge in [-0.3, -0.25) is 15.0 Å². The first kappa shape index (κ1) is 26.0. The monoisotopic (exact) mass is 539 g/mol. The maximum absolute atomic E-state index is 12.5. The highest BCUT2D eigenvalue weighted by atomic mass is 35.5. The van der Waals surface area contributed by atoms with Gasteiger partial charge in [0.15, 0.2) is 5.75 Å². The van der Waals surface area contributed by atoms with Crippen molar-refractivity contribution in [1.29, 1.82) is 5.41 Å². The van der Waals surface area contributed by atoms with E-state index >= 15 is 0 Å². The maximum atomic E-state index is 12.5. The average Bonchev–Trinajstić information content (AvgIpc) is 3.23. The summed E-state index contributed by atoms with van der Waals surface area (Å²) in [7, 11) is 0. The summed E-state index contributed by atoms with van der Waals surface area (Å²) in [4.78, 5) is 28.0. The number of amides is 1. The molecule has 11 heteroatoms. The molecule has 0 bridgehead atoms. The van der Waals surface area contributed by atoms with Crippen LogP contribution in [0.25, 0.3) is 22.4 Å². The first-order valence-corrected chi connectivity index (χ1v) is 12.0. The van der Waals surface area contributed by atoms with Crippen LogP contribution >= 0.6 is 23.2 Å². The predicted octanol–water partition coefficient (Wildman–Crippen LogP) is 4.45. The Labute approximate surface area is 222 Å². The molecule has 0 fully saturated rings. The highest BCUT2D eigenvalue weighted by molar-refractivity contribution is 6.37. The molecular formula is C26H23Cl2N5O4. The number of phenolic OH excluding ortho intramolecular Hbond substituents is 1. The van der Waals surface area contributed by atoms with E-state index in [1.54, 1.807) is 42.5 Å². The Kier molecular flexibility index (Phi) is 7.66. The SMILES string of the molecule is N=C(N)c1ccc(-c2nc3cc(C(=O)NCCC(=O)O)ccc3n2CCc2cc(Cl)c(O)c(Cl)c2)cc1. The van der Waals surface area contributed by atoms with Crippen LogP contribution in [0, 0.1) is 5.41 Å². The van der Waals surface area contributed by atoms with Crippen molar-refractivity contribution in [2.45, 2.75) is 19.4 Å². The number of carbonyl (C=O) groups is 2. The second-order valence-electron chi connectivity index (χ2n) is 8.34. The lowest BCUT2D eigenvalue weighted by Gasteiger charge is -2.11. The molecule has 0 atom stereocenters. The fraction of sp³-hybridized carbons (Fsp3) is 0.154. The number of aliphatic carboxylic acids is 1. The van der Waals surface area contributed by atoms with Crippen molar-refractivity contribution >= 4 is 51.9 Å². The number of aromatic nitrogens is 2. The smallest absolute Gasteiger partial charge is 0.305 e. The summed E-state index contributed by atoms with van der Waals surface area (Å²) in [6, 6.07) is 15.5. The number of hydrogen-bond donors (Lipinski definition) is 5. The van der Waals surface area contributed by atoms with Gasteiger partial charge in [-0.15, -0.1) is 0 Å². The molecule has 4 rings (SSSR count). The van der Waals surface area contributed by atoms with E-state index in [1.807, 2.05) is 16.7 Å². The second-order valence-corrected chi connectivity index (χ2v) is 9.15. The number of carboxylic acid groups (broad SMARTS) is 1. The van der Waals surface area contributed by atoms with Crippen LogP contribution in [0.15, 0.2) is 54.6 Å².